The molecule has 0 nitrogen and oxygen atoms in total. The Morgan fingerprint density at radius 3 is 2.05 bits per heavy atom. The molecule has 1 fully saturated rings. The lowest BCUT2D eigenvalue weighted by molar-refractivity contribution is 0.256. The summed E-state index contributed by atoms with van der Waals surface area (Å²) in [7, 11) is 0. The van der Waals surface area contributed by atoms with Crippen LogP contribution in [0.25, 0.3) is 0 Å². The fraction of sp³-hybridized carbons (Fsp3) is 0.429. The van der Waals surface area contributed by atoms with Gasteiger partial charge in [-0.25, -0.2) is 0 Å². The Bertz CT molecular complexity index is 526. The minimum absolute atomic E-state index is 0.693. The zero-order valence-electron chi connectivity index (χ0n) is 13.0. The van der Waals surface area contributed by atoms with Crippen molar-refractivity contribution < 1.29 is 0 Å². The molecule has 1 saturated carbocycles. The van der Waals surface area contributed by atoms with Gasteiger partial charge in [-0.3, -0.25) is 0 Å². The van der Waals surface area contributed by atoms with Crippen molar-refractivity contribution in [3.05, 3.63) is 71.8 Å². The summed E-state index contributed by atoms with van der Waals surface area (Å²) in [6, 6.07) is 22.4. The Labute approximate surface area is 129 Å². The second-order valence-electron chi connectivity index (χ2n) is 6.43. The van der Waals surface area contributed by atoms with Crippen LogP contribution in [0.4, 0.5) is 0 Å². The highest BCUT2D eigenvalue weighted by molar-refractivity contribution is 5.30. The largest absolute Gasteiger partial charge is 0.0654 e. The van der Waals surface area contributed by atoms with Crippen LogP contribution in [0.1, 0.15) is 62.0 Å². The van der Waals surface area contributed by atoms with Crippen LogP contribution in [0, 0.1) is 5.92 Å². The van der Waals surface area contributed by atoms with Crippen LogP contribution in [0.15, 0.2) is 60.7 Å². The molecule has 2 aromatic carbocycles. The maximum absolute atomic E-state index is 2.34. The fourth-order valence-electron chi connectivity index (χ4n) is 4.24. The lowest BCUT2D eigenvalue weighted by atomic mass is 9.65. The first-order valence-corrected chi connectivity index (χ1v) is 8.50. The predicted molar refractivity (Wildman–Crippen MR) is 90.6 cm³/mol. The molecule has 3 atom stereocenters. The second kappa shape index (κ2) is 6.93. The zero-order chi connectivity index (χ0) is 14.5. The van der Waals surface area contributed by atoms with E-state index in [1.165, 1.54) is 37.7 Å². The smallest absolute Gasteiger partial charge is 0.00648 e. The van der Waals surface area contributed by atoms with Gasteiger partial charge in [0, 0.05) is 0 Å². The van der Waals surface area contributed by atoms with Gasteiger partial charge in [-0.05, 0) is 41.7 Å². The second-order valence-corrected chi connectivity index (χ2v) is 6.43. The maximum atomic E-state index is 2.34. The summed E-state index contributed by atoms with van der Waals surface area (Å²) in [4.78, 5) is 0. The van der Waals surface area contributed by atoms with E-state index < -0.39 is 0 Å². The molecule has 0 aromatic heterocycles. The third-order valence-electron chi connectivity index (χ3n) is 5.10. The van der Waals surface area contributed by atoms with Crippen molar-refractivity contribution in [2.75, 3.05) is 0 Å². The van der Waals surface area contributed by atoms with E-state index in [-0.39, 0.29) is 0 Å². The minimum atomic E-state index is 0.693. The zero-order valence-corrected chi connectivity index (χ0v) is 13.0. The van der Waals surface area contributed by atoms with Gasteiger partial charge in [-0.15, -0.1) is 0 Å². The first kappa shape index (κ1) is 14.4. The van der Waals surface area contributed by atoms with Crippen LogP contribution in [0.3, 0.4) is 0 Å². The average molecular weight is 278 g/mol. The lowest BCUT2D eigenvalue weighted by Crippen LogP contribution is -2.25. The molecule has 0 bridgehead atoms. The van der Waals surface area contributed by atoms with Gasteiger partial charge in [0.15, 0.2) is 0 Å². The van der Waals surface area contributed by atoms with Crippen molar-refractivity contribution in [3.63, 3.8) is 0 Å². The molecule has 0 aliphatic heterocycles. The van der Waals surface area contributed by atoms with Crippen molar-refractivity contribution >= 4 is 0 Å². The van der Waals surface area contributed by atoms with Gasteiger partial charge in [0.05, 0.1) is 0 Å². The number of benzene rings is 2. The minimum Gasteiger partial charge on any atom is -0.0654 e. The Morgan fingerprint density at radius 2 is 1.43 bits per heavy atom. The lowest BCUT2D eigenvalue weighted by Gasteiger charge is -2.39. The molecule has 0 amide bonds. The highest BCUT2D eigenvalue weighted by Gasteiger charge is 2.34. The Morgan fingerprint density at radius 1 is 0.810 bits per heavy atom. The van der Waals surface area contributed by atoms with Gasteiger partial charge in [0.1, 0.15) is 0 Å². The van der Waals surface area contributed by atoms with Crippen molar-refractivity contribution in [1.82, 2.24) is 0 Å². The van der Waals surface area contributed by atoms with E-state index in [0.29, 0.717) is 11.8 Å². The third kappa shape index (κ3) is 3.20. The van der Waals surface area contributed by atoms with E-state index in [1.807, 2.05) is 0 Å². The van der Waals surface area contributed by atoms with E-state index >= 15 is 0 Å². The van der Waals surface area contributed by atoms with E-state index in [9.17, 15) is 0 Å². The molecule has 1 aliphatic carbocycles. The molecule has 2 aromatic rings. The van der Waals surface area contributed by atoms with E-state index in [0.717, 1.165) is 5.92 Å². The molecule has 0 saturated heterocycles. The fourth-order valence-corrected chi connectivity index (χ4v) is 4.24. The maximum Gasteiger partial charge on any atom is -0.00648 e. The molecule has 3 unspecified atom stereocenters. The molecule has 110 valence electrons. The molecular formula is C21H26. The van der Waals surface area contributed by atoms with Gasteiger partial charge in [0.2, 0.25) is 0 Å². The van der Waals surface area contributed by atoms with E-state index in [4.69, 9.17) is 0 Å². The van der Waals surface area contributed by atoms with Crippen LogP contribution in [0.2, 0.25) is 0 Å². The molecule has 0 N–H and O–H groups in total. The quantitative estimate of drug-likeness (QED) is 0.628. The summed E-state index contributed by atoms with van der Waals surface area (Å²) in [6.45, 7) is 2.33. The van der Waals surface area contributed by atoms with E-state index in [1.54, 1.807) is 5.56 Å². The Kier molecular flexibility index (Phi) is 4.75. The highest BCUT2D eigenvalue weighted by Crippen LogP contribution is 2.48. The number of hydrogen-bond acceptors (Lipinski definition) is 0. The molecule has 3 rings (SSSR count). The SMILES string of the molecule is CCCC1CCCC(c2ccccc2)C1c1ccccc1. The third-order valence-corrected chi connectivity index (χ3v) is 5.10. The van der Waals surface area contributed by atoms with Crippen LogP contribution in [0.5, 0.6) is 0 Å². The van der Waals surface area contributed by atoms with Crippen LogP contribution >= 0.6 is 0 Å². The molecule has 0 spiro atoms. The van der Waals surface area contributed by atoms with Crippen molar-refractivity contribution in [3.8, 4) is 0 Å². The van der Waals surface area contributed by atoms with Gasteiger partial charge in [-0.1, -0.05) is 86.8 Å². The number of hydrogen-bond donors (Lipinski definition) is 0. The van der Waals surface area contributed by atoms with Crippen molar-refractivity contribution in [1.29, 1.82) is 0 Å². The summed E-state index contributed by atoms with van der Waals surface area (Å²) < 4.78 is 0. The average Bonchev–Trinajstić information content (AvgIpc) is 2.56. The Balaban J connectivity index is 1.96. The van der Waals surface area contributed by atoms with Crippen molar-refractivity contribution in [2.45, 2.75) is 50.9 Å². The first-order valence-electron chi connectivity index (χ1n) is 8.50. The summed E-state index contributed by atoms with van der Waals surface area (Å²) in [5.74, 6) is 2.23. The monoisotopic (exact) mass is 278 g/mol. The molecule has 1 aliphatic rings. The standard InChI is InChI=1S/C21H26/c1-2-10-18-15-9-16-20(17-11-5-3-6-12-17)21(18)19-13-7-4-8-14-19/h3-8,11-14,18,20-21H,2,9-10,15-16H2,1H3. The van der Waals surface area contributed by atoms with Crippen LogP contribution < -0.4 is 0 Å². The summed E-state index contributed by atoms with van der Waals surface area (Å²) in [5, 5.41) is 0. The van der Waals surface area contributed by atoms with Gasteiger partial charge in [0.25, 0.3) is 0 Å². The molecule has 0 heterocycles. The van der Waals surface area contributed by atoms with Crippen molar-refractivity contribution in [2.24, 2.45) is 5.92 Å². The molecule has 0 radical (unpaired) electrons. The molecular weight excluding hydrogens is 252 g/mol. The van der Waals surface area contributed by atoms with Crippen LogP contribution in [-0.4, -0.2) is 0 Å². The summed E-state index contributed by atoms with van der Waals surface area (Å²) >= 11 is 0. The van der Waals surface area contributed by atoms with Gasteiger partial charge in [-0.2, -0.15) is 0 Å². The summed E-state index contributed by atoms with van der Waals surface area (Å²) in [6.07, 6.45) is 6.78. The van der Waals surface area contributed by atoms with Gasteiger partial charge >= 0.3 is 0 Å². The molecule has 21 heavy (non-hydrogen) atoms. The predicted octanol–water partition coefficient (Wildman–Crippen LogP) is 6.15. The first-order chi connectivity index (χ1) is 10.4. The van der Waals surface area contributed by atoms with Crippen LogP contribution in [-0.2, 0) is 0 Å². The number of rotatable bonds is 4. The van der Waals surface area contributed by atoms with Gasteiger partial charge < -0.3 is 0 Å². The Hall–Kier alpha value is -1.56. The topological polar surface area (TPSA) is 0 Å². The van der Waals surface area contributed by atoms with E-state index in [2.05, 4.69) is 67.6 Å². The molecule has 0 heteroatoms. The highest BCUT2D eigenvalue weighted by atomic mass is 14.4. The normalized spacial score (nSPS) is 25.7. The summed E-state index contributed by atoms with van der Waals surface area (Å²) in [5.41, 5.74) is 3.08.